The van der Waals surface area contributed by atoms with Gasteiger partial charge in [-0.25, -0.2) is 0 Å². The summed E-state index contributed by atoms with van der Waals surface area (Å²) >= 11 is 6.15. The Bertz CT molecular complexity index is 169. The van der Waals surface area contributed by atoms with E-state index in [4.69, 9.17) is 16.3 Å². The predicted octanol–water partition coefficient (Wildman–Crippen LogP) is 3.23. The minimum Gasteiger partial charge on any atom is -0.466 e. The number of ether oxygens (including phenoxy) is 1. The zero-order valence-electron chi connectivity index (χ0n) is 9.55. The highest BCUT2D eigenvalue weighted by Crippen LogP contribution is 2.18. The smallest absolute Gasteiger partial charge is 0.302 e. The lowest BCUT2D eigenvalue weighted by Gasteiger charge is -2.16. The van der Waals surface area contributed by atoms with Crippen molar-refractivity contribution in [3.63, 3.8) is 0 Å². The molecule has 2 atom stereocenters. The largest absolute Gasteiger partial charge is 0.466 e. The van der Waals surface area contributed by atoms with E-state index in [1.54, 1.807) is 0 Å². The molecule has 0 radical (unpaired) electrons. The highest BCUT2D eigenvalue weighted by atomic mass is 35.5. The average Bonchev–Trinajstić information content (AvgIpc) is 1.98. The van der Waals surface area contributed by atoms with E-state index in [-0.39, 0.29) is 11.3 Å². The van der Waals surface area contributed by atoms with Gasteiger partial charge in [-0.2, -0.15) is 0 Å². The summed E-state index contributed by atoms with van der Waals surface area (Å²) in [5.41, 5.74) is 0. The van der Waals surface area contributed by atoms with Gasteiger partial charge in [0.2, 0.25) is 0 Å². The molecule has 0 saturated carbocycles. The molecular formula is C11H21ClO2. The number of alkyl halides is 1. The predicted molar refractivity (Wildman–Crippen MR) is 59.5 cm³/mol. The Balaban J connectivity index is 3.59. The van der Waals surface area contributed by atoms with Crippen LogP contribution in [0.25, 0.3) is 0 Å². The van der Waals surface area contributed by atoms with Crippen molar-refractivity contribution in [3.8, 4) is 0 Å². The fraction of sp³-hybridized carbons (Fsp3) is 0.909. The van der Waals surface area contributed by atoms with Crippen LogP contribution < -0.4 is 0 Å². The van der Waals surface area contributed by atoms with Gasteiger partial charge < -0.3 is 4.74 Å². The summed E-state index contributed by atoms with van der Waals surface area (Å²) in [6, 6.07) is 0. The summed E-state index contributed by atoms with van der Waals surface area (Å²) in [6.07, 6.45) is 1.93. The van der Waals surface area contributed by atoms with Gasteiger partial charge in [-0.15, -0.1) is 11.6 Å². The molecule has 2 nitrogen and oxygen atoms in total. The van der Waals surface area contributed by atoms with E-state index in [0.29, 0.717) is 18.4 Å². The maximum absolute atomic E-state index is 10.6. The number of esters is 1. The van der Waals surface area contributed by atoms with Gasteiger partial charge in [-0.3, -0.25) is 4.79 Å². The molecule has 0 amide bonds. The Morgan fingerprint density at radius 2 is 1.86 bits per heavy atom. The van der Waals surface area contributed by atoms with Crippen LogP contribution in [0.4, 0.5) is 0 Å². The molecule has 0 aromatic heterocycles. The van der Waals surface area contributed by atoms with Crippen molar-refractivity contribution in [2.45, 2.75) is 45.9 Å². The third-order valence-corrected chi connectivity index (χ3v) is 2.31. The number of halogens is 1. The molecule has 0 aliphatic rings. The monoisotopic (exact) mass is 220 g/mol. The average molecular weight is 221 g/mol. The Kier molecular flexibility index (Phi) is 6.98. The van der Waals surface area contributed by atoms with Gasteiger partial charge in [-0.05, 0) is 24.7 Å². The summed E-state index contributed by atoms with van der Waals surface area (Å²) in [5, 5.41) is 0.195. The van der Waals surface area contributed by atoms with Crippen LogP contribution in [-0.2, 0) is 9.53 Å². The van der Waals surface area contributed by atoms with Gasteiger partial charge in [0.1, 0.15) is 0 Å². The standard InChI is InChI=1S/C11H21ClO2/c1-8(2)5-11(12)6-9(3)7-14-10(4)13/h8-9,11H,5-7H2,1-4H3. The fourth-order valence-electron chi connectivity index (χ4n) is 1.37. The van der Waals surface area contributed by atoms with Gasteiger partial charge in [0.15, 0.2) is 0 Å². The van der Waals surface area contributed by atoms with Gasteiger partial charge in [0, 0.05) is 12.3 Å². The Labute approximate surface area is 92.0 Å². The van der Waals surface area contributed by atoms with E-state index < -0.39 is 0 Å². The summed E-state index contributed by atoms with van der Waals surface area (Å²) in [7, 11) is 0. The molecule has 3 heteroatoms. The Morgan fingerprint density at radius 3 is 2.29 bits per heavy atom. The minimum absolute atomic E-state index is 0.195. The molecule has 14 heavy (non-hydrogen) atoms. The van der Waals surface area contributed by atoms with Crippen molar-refractivity contribution >= 4 is 17.6 Å². The molecule has 0 aromatic rings. The highest BCUT2D eigenvalue weighted by Gasteiger charge is 2.13. The van der Waals surface area contributed by atoms with Gasteiger partial charge in [0.25, 0.3) is 0 Å². The first-order valence-electron chi connectivity index (χ1n) is 5.19. The third-order valence-electron chi connectivity index (χ3n) is 1.96. The van der Waals surface area contributed by atoms with Crippen molar-refractivity contribution in [2.75, 3.05) is 6.61 Å². The molecule has 0 bridgehead atoms. The van der Waals surface area contributed by atoms with Crippen molar-refractivity contribution in [1.29, 1.82) is 0 Å². The van der Waals surface area contributed by atoms with Crippen molar-refractivity contribution in [3.05, 3.63) is 0 Å². The van der Waals surface area contributed by atoms with E-state index >= 15 is 0 Å². The van der Waals surface area contributed by atoms with Crippen LogP contribution >= 0.6 is 11.6 Å². The van der Waals surface area contributed by atoms with Gasteiger partial charge in [0.05, 0.1) is 6.61 Å². The fourth-order valence-corrected chi connectivity index (χ4v) is 2.03. The molecule has 0 aliphatic carbocycles. The quantitative estimate of drug-likeness (QED) is 0.508. The van der Waals surface area contributed by atoms with Crippen LogP contribution in [0.3, 0.4) is 0 Å². The molecule has 0 aliphatic heterocycles. The summed E-state index contributed by atoms with van der Waals surface area (Å²) < 4.78 is 4.91. The third kappa shape index (κ3) is 8.36. The summed E-state index contributed by atoms with van der Waals surface area (Å²) in [4.78, 5) is 10.6. The van der Waals surface area contributed by atoms with E-state index in [1.807, 2.05) is 0 Å². The number of hydrogen-bond acceptors (Lipinski definition) is 2. The molecule has 0 fully saturated rings. The first-order chi connectivity index (χ1) is 6.41. The minimum atomic E-state index is -0.216. The van der Waals surface area contributed by atoms with Crippen LogP contribution in [0.1, 0.15) is 40.5 Å². The van der Waals surface area contributed by atoms with E-state index in [2.05, 4.69) is 20.8 Å². The summed E-state index contributed by atoms with van der Waals surface area (Å²) in [6.45, 7) is 8.28. The maximum Gasteiger partial charge on any atom is 0.302 e. The molecule has 0 rings (SSSR count). The highest BCUT2D eigenvalue weighted by molar-refractivity contribution is 6.20. The molecule has 0 heterocycles. The van der Waals surface area contributed by atoms with Crippen LogP contribution in [0.2, 0.25) is 0 Å². The number of hydrogen-bond donors (Lipinski definition) is 0. The van der Waals surface area contributed by atoms with Crippen LogP contribution in [0.5, 0.6) is 0 Å². The van der Waals surface area contributed by atoms with Gasteiger partial charge in [-0.1, -0.05) is 20.8 Å². The van der Waals surface area contributed by atoms with Crippen LogP contribution in [0.15, 0.2) is 0 Å². The SMILES string of the molecule is CC(=O)OCC(C)CC(Cl)CC(C)C. The zero-order valence-corrected chi connectivity index (χ0v) is 10.3. The van der Waals surface area contributed by atoms with E-state index in [0.717, 1.165) is 12.8 Å². The molecule has 0 aromatic carbocycles. The normalized spacial score (nSPS) is 15.3. The van der Waals surface area contributed by atoms with E-state index in [1.165, 1.54) is 6.92 Å². The van der Waals surface area contributed by atoms with Gasteiger partial charge >= 0.3 is 5.97 Å². The van der Waals surface area contributed by atoms with Crippen molar-refractivity contribution < 1.29 is 9.53 Å². The molecule has 0 saturated heterocycles. The first-order valence-corrected chi connectivity index (χ1v) is 5.62. The second kappa shape index (κ2) is 7.10. The number of carbonyl (C=O) groups is 1. The first kappa shape index (κ1) is 13.8. The second-order valence-corrected chi connectivity index (χ2v) is 4.99. The van der Waals surface area contributed by atoms with Crippen molar-refractivity contribution in [1.82, 2.24) is 0 Å². The molecule has 84 valence electrons. The van der Waals surface area contributed by atoms with E-state index in [9.17, 15) is 4.79 Å². The Hall–Kier alpha value is -0.240. The lowest BCUT2D eigenvalue weighted by molar-refractivity contribution is -0.142. The second-order valence-electron chi connectivity index (χ2n) is 4.37. The van der Waals surface area contributed by atoms with Crippen molar-refractivity contribution in [2.24, 2.45) is 11.8 Å². The lowest BCUT2D eigenvalue weighted by Crippen LogP contribution is -2.15. The molecule has 2 unspecified atom stereocenters. The lowest BCUT2D eigenvalue weighted by atomic mass is 10.00. The maximum atomic E-state index is 10.6. The molecule has 0 spiro atoms. The Morgan fingerprint density at radius 1 is 1.29 bits per heavy atom. The van der Waals surface area contributed by atoms with Crippen LogP contribution in [-0.4, -0.2) is 18.0 Å². The number of carbonyl (C=O) groups excluding carboxylic acids is 1. The molecular weight excluding hydrogens is 200 g/mol. The number of rotatable bonds is 6. The zero-order chi connectivity index (χ0) is 11.1. The van der Waals surface area contributed by atoms with Crippen LogP contribution in [0, 0.1) is 11.8 Å². The molecule has 0 N–H and O–H groups in total. The topological polar surface area (TPSA) is 26.3 Å². The summed E-state index contributed by atoms with van der Waals surface area (Å²) in [5.74, 6) is 0.755.